The lowest BCUT2D eigenvalue weighted by molar-refractivity contribution is -0.0205. The molecule has 3 heterocycles. The SMILES string of the molecule is Fc1ccc(OC2COC3(CCNCC3)C2)nc1. The largest absolute Gasteiger partial charge is 0.472 e. The molecular formula is C13H17FN2O2. The molecule has 18 heavy (non-hydrogen) atoms. The van der Waals surface area contributed by atoms with Crippen molar-refractivity contribution in [2.45, 2.75) is 31.0 Å². The van der Waals surface area contributed by atoms with E-state index in [1.807, 2.05) is 0 Å². The molecule has 0 aliphatic carbocycles. The van der Waals surface area contributed by atoms with Crippen molar-refractivity contribution in [1.82, 2.24) is 10.3 Å². The summed E-state index contributed by atoms with van der Waals surface area (Å²) in [5.41, 5.74) is -0.0179. The van der Waals surface area contributed by atoms with E-state index in [2.05, 4.69) is 10.3 Å². The molecule has 1 spiro atoms. The Morgan fingerprint density at radius 3 is 2.94 bits per heavy atom. The zero-order valence-corrected chi connectivity index (χ0v) is 10.2. The van der Waals surface area contributed by atoms with E-state index in [0.717, 1.165) is 32.4 Å². The van der Waals surface area contributed by atoms with Gasteiger partial charge in [-0.2, -0.15) is 0 Å². The maximum absolute atomic E-state index is 12.7. The second-order valence-electron chi connectivity index (χ2n) is 5.00. The van der Waals surface area contributed by atoms with E-state index < -0.39 is 0 Å². The van der Waals surface area contributed by atoms with Crippen LogP contribution >= 0.6 is 0 Å². The highest BCUT2D eigenvalue weighted by Crippen LogP contribution is 2.35. The number of aromatic nitrogens is 1. The number of ether oxygens (including phenoxy) is 2. The summed E-state index contributed by atoms with van der Waals surface area (Å²) in [6, 6.07) is 2.92. The Kier molecular flexibility index (Phi) is 3.18. The minimum atomic E-state index is -0.347. The lowest BCUT2D eigenvalue weighted by Gasteiger charge is -2.32. The third-order valence-corrected chi connectivity index (χ3v) is 3.68. The first-order valence-electron chi connectivity index (χ1n) is 6.39. The molecule has 2 aliphatic rings. The topological polar surface area (TPSA) is 43.4 Å². The fourth-order valence-electron chi connectivity index (χ4n) is 2.71. The summed E-state index contributed by atoms with van der Waals surface area (Å²) in [6.07, 6.45) is 4.16. The van der Waals surface area contributed by atoms with Crippen LogP contribution in [0.5, 0.6) is 5.88 Å². The molecule has 1 atom stereocenters. The number of hydrogen-bond acceptors (Lipinski definition) is 4. The van der Waals surface area contributed by atoms with Gasteiger partial charge < -0.3 is 14.8 Å². The summed E-state index contributed by atoms with van der Waals surface area (Å²) < 4.78 is 24.4. The van der Waals surface area contributed by atoms with Gasteiger partial charge in [0, 0.05) is 12.5 Å². The van der Waals surface area contributed by atoms with E-state index in [4.69, 9.17) is 9.47 Å². The maximum atomic E-state index is 12.7. The van der Waals surface area contributed by atoms with Gasteiger partial charge in [0.05, 0.1) is 18.4 Å². The van der Waals surface area contributed by atoms with Crippen molar-refractivity contribution in [2.24, 2.45) is 0 Å². The standard InChI is InChI=1S/C13H17FN2O2/c14-10-1-2-12(16-8-10)18-11-7-13(17-9-11)3-5-15-6-4-13/h1-2,8,11,15H,3-7,9H2. The summed E-state index contributed by atoms with van der Waals surface area (Å²) >= 11 is 0. The van der Waals surface area contributed by atoms with Crippen LogP contribution in [0.4, 0.5) is 4.39 Å². The highest BCUT2D eigenvalue weighted by atomic mass is 19.1. The van der Waals surface area contributed by atoms with Crippen molar-refractivity contribution in [1.29, 1.82) is 0 Å². The number of rotatable bonds is 2. The molecule has 0 aromatic carbocycles. The van der Waals surface area contributed by atoms with Gasteiger partial charge >= 0.3 is 0 Å². The highest BCUT2D eigenvalue weighted by molar-refractivity contribution is 5.11. The van der Waals surface area contributed by atoms with Gasteiger partial charge in [0.25, 0.3) is 0 Å². The number of hydrogen-bond donors (Lipinski definition) is 1. The van der Waals surface area contributed by atoms with Crippen LogP contribution < -0.4 is 10.1 Å². The zero-order chi connectivity index (χ0) is 12.4. The molecular weight excluding hydrogens is 235 g/mol. The third kappa shape index (κ3) is 2.47. The molecule has 1 unspecified atom stereocenters. The summed E-state index contributed by atoms with van der Waals surface area (Å²) in [4.78, 5) is 3.91. The first kappa shape index (κ1) is 11.9. The number of piperidine rings is 1. The van der Waals surface area contributed by atoms with Crippen molar-refractivity contribution in [2.75, 3.05) is 19.7 Å². The molecule has 2 fully saturated rings. The fraction of sp³-hybridized carbons (Fsp3) is 0.615. The Morgan fingerprint density at radius 1 is 1.39 bits per heavy atom. The van der Waals surface area contributed by atoms with Crippen LogP contribution in [0, 0.1) is 5.82 Å². The second-order valence-corrected chi connectivity index (χ2v) is 5.00. The van der Waals surface area contributed by atoms with Crippen LogP contribution in [-0.4, -0.2) is 36.4 Å². The molecule has 5 heteroatoms. The summed E-state index contributed by atoms with van der Waals surface area (Å²) in [5, 5.41) is 3.33. The smallest absolute Gasteiger partial charge is 0.213 e. The van der Waals surface area contributed by atoms with Gasteiger partial charge in [-0.1, -0.05) is 0 Å². The maximum Gasteiger partial charge on any atom is 0.213 e. The summed E-state index contributed by atoms with van der Waals surface area (Å²) in [5.74, 6) is 0.121. The average molecular weight is 252 g/mol. The van der Waals surface area contributed by atoms with Gasteiger partial charge in [-0.25, -0.2) is 9.37 Å². The molecule has 0 amide bonds. The first-order chi connectivity index (χ1) is 8.76. The highest BCUT2D eigenvalue weighted by Gasteiger charge is 2.42. The Balaban J connectivity index is 1.60. The van der Waals surface area contributed by atoms with Gasteiger partial charge in [0.2, 0.25) is 5.88 Å². The summed E-state index contributed by atoms with van der Waals surface area (Å²) in [6.45, 7) is 2.60. The van der Waals surface area contributed by atoms with Crippen molar-refractivity contribution in [3.63, 3.8) is 0 Å². The van der Waals surface area contributed by atoms with Crippen molar-refractivity contribution in [3.05, 3.63) is 24.1 Å². The Morgan fingerprint density at radius 2 is 2.22 bits per heavy atom. The van der Waals surface area contributed by atoms with Crippen LogP contribution in [0.2, 0.25) is 0 Å². The van der Waals surface area contributed by atoms with E-state index in [9.17, 15) is 4.39 Å². The number of nitrogens with zero attached hydrogens (tertiary/aromatic N) is 1. The van der Waals surface area contributed by atoms with Crippen LogP contribution in [0.1, 0.15) is 19.3 Å². The predicted molar refractivity (Wildman–Crippen MR) is 64.0 cm³/mol. The summed E-state index contributed by atoms with van der Waals surface area (Å²) in [7, 11) is 0. The van der Waals surface area contributed by atoms with Crippen molar-refractivity contribution >= 4 is 0 Å². The molecule has 0 bridgehead atoms. The Labute approximate surface area is 106 Å². The molecule has 0 saturated carbocycles. The fourth-order valence-corrected chi connectivity index (χ4v) is 2.71. The predicted octanol–water partition coefficient (Wildman–Crippen LogP) is 1.51. The Bertz CT molecular complexity index is 404. The average Bonchev–Trinajstić information content (AvgIpc) is 2.76. The van der Waals surface area contributed by atoms with Crippen LogP contribution in [0.25, 0.3) is 0 Å². The van der Waals surface area contributed by atoms with E-state index in [0.29, 0.717) is 12.5 Å². The lowest BCUT2D eigenvalue weighted by Crippen LogP contribution is -2.41. The molecule has 0 radical (unpaired) electrons. The molecule has 2 aliphatic heterocycles. The van der Waals surface area contributed by atoms with Crippen molar-refractivity contribution in [3.8, 4) is 5.88 Å². The third-order valence-electron chi connectivity index (χ3n) is 3.68. The lowest BCUT2D eigenvalue weighted by atomic mass is 9.89. The molecule has 2 saturated heterocycles. The van der Waals surface area contributed by atoms with Gasteiger partial charge in [0.1, 0.15) is 11.9 Å². The minimum Gasteiger partial charge on any atom is -0.472 e. The van der Waals surface area contributed by atoms with E-state index in [1.165, 1.54) is 12.3 Å². The second kappa shape index (κ2) is 4.82. The molecule has 4 nitrogen and oxygen atoms in total. The quantitative estimate of drug-likeness (QED) is 0.866. The van der Waals surface area contributed by atoms with Gasteiger partial charge in [-0.15, -0.1) is 0 Å². The number of pyridine rings is 1. The zero-order valence-electron chi connectivity index (χ0n) is 10.2. The number of halogens is 1. The molecule has 98 valence electrons. The van der Waals surface area contributed by atoms with Crippen LogP contribution in [-0.2, 0) is 4.74 Å². The van der Waals surface area contributed by atoms with E-state index in [-0.39, 0.29) is 17.5 Å². The normalized spacial score (nSPS) is 26.4. The molecule has 1 aromatic rings. The molecule has 1 aromatic heterocycles. The van der Waals surface area contributed by atoms with Crippen LogP contribution in [0.3, 0.4) is 0 Å². The van der Waals surface area contributed by atoms with Crippen molar-refractivity contribution < 1.29 is 13.9 Å². The number of nitrogens with one attached hydrogen (secondary N) is 1. The van der Waals surface area contributed by atoms with E-state index in [1.54, 1.807) is 6.07 Å². The Hall–Kier alpha value is -1.20. The first-order valence-corrected chi connectivity index (χ1v) is 6.39. The molecule has 1 N–H and O–H groups in total. The van der Waals surface area contributed by atoms with Crippen LogP contribution in [0.15, 0.2) is 18.3 Å². The minimum absolute atomic E-state index is 0.0179. The van der Waals surface area contributed by atoms with Gasteiger partial charge in [-0.3, -0.25) is 0 Å². The van der Waals surface area contributed by atoms with Gasteiger partial charge in [0.15, 0.2) is 0 Å². The van der Waals surface area contributed by atoms with Gasteiger partial charge in [-0.05, 0) is 32.0 Å². The molecule has 3 rings (SSSR count). The monoisotopic (exact) mass is 252 g/mol. The van der Waals surface area contributed by atoms with E-state index >= 15 is 0 Å².